The molecule has 0 atom stereocenters. The molecular formula is C23H21N3O5S. The van der Waals surface area contributed by atoms with Crippen molar-refractivity contribution in [1.29, 1.82) is 0 Å². The third-order valence-electron chi connectivity index (χ3n) is 5.24. The third-order valence-corrected chi connectivity index (χ3v) is 6.60. The summed E-state index contributed by atoms with van der Waals surface area (Å²) in [5, 5.41) is 0. The van der Waals surface area contributed by atoms with Gasteiger partial charge in [-0.1, -0.05) is 6.07 Å². The predicted octanol–water partition coefficient (Wildman–Crippen LogP) is 3.89. The van der Waals surface area contributed by atoms with Gasteiger partial charge in [-0.3, -0.25) is 4.72 Å². The van der Waals surface area contributed by atoms with E-state index in [0.29, 0.717) is 36.1 Å². The van der Waals surface area contributed by atoms with Crippen molar-refractivity contribution in [3.63, 3.8) is 0 Å². The van der Waals surface area contributed by atoms with E-state index < -0.39 is 10.0 Å². The molecule has 2 aromatic carbocycles. The Morgan fingerprint density at radius 2 is 1.88 bits per heavy atom. The van der Waals surface area contributed by atoms with Gasteiger partial charge < -0.3 is 18.6 Å². The molecule has 0 fully saturated rings. The SMILES string of the molecule is COc1ccc(-c2cn3cccc(C)c3n2)cc1NS(=O)(=O)c1ccc2c(c1)OCCO2. The van der Waals surface area contributed by atoms with Gasteiger partial charge in [-0.2, -0.15) is 0 Å². The van der Waals surface area contributed by atoms with Gasteiger partial charge in [-0.05, 0) is 48.9 Å². The first-order chi connectivity index (χ1) is 15.4. The number of aromatic nitrogens is 2. The fourth-order valence-electron chi connectivity index (χ4n) is 3.63. The number of aryl methyl sites for hydroxylation is 1. The first kappa shape index (κ1) is 20.2. The van der Waals surface area contributed by atoms with E-state index >= 15 is 0 Å². The first-order valence-electron chi connectivity index (χ1n) is 10.00. The summed E-state index contributed by atoms with van der Waals surface area (Å²) in [5.74, 6) is 1.33. The van der Waals surface area contributed by atoms with E-state index in [4.69, 9.17) is 19.2 Å². The molecule has 3 heterocycles. The monoisotopic (exact) mass is 451 g/mol. The number of methoxy groups -OCH3 is 1. The molecule has 0 unspecified atom stereocenters. The second-order valence-electron chi connectivity index (χ2n) is 7.37. The molecule has 0 spiro atoms. The van der Waals surface area contributed by atoms with E-state index in [2.05, 4.69) is 4.72 Å². The van der Waals surface area contributed by atoms with Crippen molar-refractivity contribution in [2.24, 2.45) is 0 Å². The summed E-state index contributed by atoms with van der Waals surface area (Å²) in [7, 11) is -2.41. The first-order valence-corrected chi connectivity index (χ1v) is 11.5. The number of fused-ring (bicyclic) bond motifs is 2. The van der Waals surface area contributed by atoms with E-state index in [-0.39, 0.29) is 4.90 Å². The van der Waals surface area contributed by atoms with Crippen LogP contribution < -0.4 is 18.9 Å². The maximum atomic E-state index is 13.1. The van der Waals surface area contributed by atoms with E-state index in [1.165, 1.54) is 19.2 Å². The molecule has 2 aromatic heterocycles. The smallest absolute Gasteiger partial charge is 0.262 e. The maximum Gasteiger partial charge on any atom is 0.262 e. The van der Waals surface area contributed by atoms with Crippen molar-refractivity contribution < 1.29 is 22.6 Å². The van der Waals surface area contributed by atoms with Crippen molar-refractivity contribution in [2.75, 3.05) is 25.0 Å². The average Bonchev–Trinajstić information content (AvgIpc) is 3.24. The zero-order chi connectivity index (χ0) is 22.3. The van der Waals surface area contributed by atoms with Crippen LogP contribution in [0.4, 0.5) is 5.69 Å². The number of pyridine rings is 1. The Hall–Kier alpha value is -3.72. The highest BCUT2D eigenvalue weighted by Gasteiger charge is 2.21. The zero-order valence-electron chi connectivity index (χ0n) is 17.5. The van der Waals surface area contributed by atoms with Gasteiger partial charge in [0, 0.05) is 24.0 Å². The van der Waals surface area contributed by atoms with E-state index in [1.807, 2.05) is 41.9 Å². The molecule has 9 heteroatoms. The van der Waals surface area contributed by atoms with Crippen LogP contribution in [0, 0.1) is 6.92 Å². The zero-order valence-corrected chi connectivity index (χ0v) is 18.3. The second-order valence-corrected chi connectivity index (χ2v) is 9.06. The van der Waals surface area contributed by atoms with Gasteiger partial charge in [0.1, 0.15) is 24.6 Å². The van der Waals surface area contributed by atoms with Gasteiger partial charge in [-0.25, -0.2) is 13.4 Å². The molecule has 1 aliphatic rings. The Kier molecular flexibility index (Phi) is 4.90. The van der Waals surface area contributed by atoms with Crippen LogP contribution in [0.3, 0.4) is 0 Å². The van der Waals surface area contributed by atoms with Gasteiger partial charge in [0.05, 0.1) is 23.4 Å². The molecule has 4 aromatic rings. The fourth-order valence-corrected chi connectivity index (χ4v) is 4.71. The summed E-state index contributed by atoms with van der Waals surface area (Å²) in [5.41, 5.74) is 3.69. The third kappa shape index (κ3) is 3.60. The van der Waals surface area contributed by atoms with Crippen LogP contribution >= 0.6 is 0 Å². The summed E-state index contributed by atoms with van der Waals surface area (Å²) in [4.78, 5) is 4.76. The molecule has 0 saturated carbocycles. The summed E-state index contributed by atoms with van der Waals surface area (Å²) in [6.45, 7) is 2.80. The normalized spacial score (nSPS) is 13.2. The number of hydrogen-bond donors (Lipinski definition) is 1. The van der Waals surface area contributed by atoms with Crippen molar-refractivity contribution in [3.8, 4) is 28.5 Å². The minimum atomic E-state index is -3.90. The average molecular weight is 452 g/mol. The number of nitrogens with zero attached hydrogens (tertiary/aromatic N) is 2. The van der Waals surface area contributed by atoms with Crippen molar-refractivity contribution in [3.05, 3.63) is 66.5 Å². The Bertz CT molecular complexity index is 1430. The van der Waals surface area contributed by atoms with Gasteiger partial charge in [0.15, 0.2) is 11.5 Å². The highest BCUT2D eigenvalue weighted by molar-refractivity contribution is 7.92. The summed E-state index contributed by atoms with van der Waals surface area (Å²) in [6, 6.07) is 13.8. The van der Waals surface area contributed by atoms with Gasteiger partial charge in [0.2, 0.25) is 0 Å². The summed E-state index contributed by atoms with van der Waals surface area (Å²) < 4.78 is 47.2. The molecule has 0 saturated heterocycles. The number of rotatable bonds is 5. The molecule has 32 heavy (non-hydrogen) atoms. The molecule has 0 aliphatic carbocycles. The number of benzene rings is 2. The van der Waals surface area contributed by atoms with Crippen molar-refractivity contribution in [1.82, 2.24) is 9.38 Å². The second kappa shape index (κ2) is 7.76. The van der Waals surface area contributed by atoms with E-state index in [1.54, 1.807) is 18.2 Å². The fraction of sp³-hybridized carbons (Fsp3) is 0.174. The number of ether oxygens (including phenoxy) is 3. The molecule has 1 N–H and O–H groups in total. The van der Waals surface area contributed by atoms with Crippen LogP contribution in [0.5, 0.6) is 17.2 Å². The summed E-state index contributed by atoms with van der Waals surface area (Å²) in [6.07, 6.45) is 3.83. The van der Waals surface area contributed by atoms with Gasteiger partial charge >= 0.3 is 0 Å². The number of nitrogens with one attached hydrogen (secondary N) is 1. The van der Waals surface area contributed by atoms with Crippen LogP contribution in [0.25, 0.3) is 16.9 Å². The number of sulfonamides is 1. The Morgan fingerprint density at radius 3 is 2.66 bits per heavy atom. The quantitative estimate of drug-likeness (QED) is 0.495. The minimum absolute atomic E-state index is 0.0672. The Labute approximate surface area is 185 Å². The molecule has 0 bridgehead atoms. The largest absolute Gasteiger partial charge is 0.495 e. The topological polar surface area (TPSA) is 91.2 Å². The van der Waals surface area contributed by atoms with Crippen LogP contribution in [0.1, 0.15) is 5.56 Å². The van der Waals surface area contributed by atoms with E-state index in [9.17, 15) is 8.42 Å². The van der Waals surface area contributed by atoms with Gasteiger partial charge in [0.25, 0.3) is 10.0 Å². The molecule has 0 amide bonds. The molecule has 0 radical (unpaired) electrons. The minimum Gasteiger partial charge on any atom is -0.495 e. The standard InChI is InChI=1S/C23H21N3O5S/c1-15-4-3-9-26-14-19(24-23(15)26)16-5-7-20(29-2)18(12-16)25-32(27,28)17-6-8-21-22(13-17)31-11-10-30-21/h3-9,12-14,25H,10-11H2,1-2H3. The summed E-state index contributed by atoms with van der Waals surface area (Å²) >= 11 is 0. The lowest BCUT2D eigenvalue weighted by Gasteiger charge is -2.19. The van der Waals surface area contributed by atoms with Gasteiger partial charge in [-0.15, -0.1) is 0 Å². The molecule has 5 rings (SSSR count). The number of hydrogen-bond acceptors (Lipinski definition) is 6. The molecule has 8 nitrogen and oxygen atoms in total. The number of anilines is 1. The predicted molar refractivity (Wildman–Crippen MR) is 120 cm³/mol. The molecular weight excluding hydrogens is 430 g/mol. The molecule has 1 aliphatic heterocycles. The van der Waals surface area contributed by atoms with Crippen LogP contribution in [0.15, 0.2) is 65.8 Å². The Balaban J connectivity index is 1.52. The lowest BCUT2D eigenvalue weighted by Crippen LogP contribution is -2.17. The highest BCUT2D eigenvalue weighted by atomic mass is 32.2. The van der Waals surface area contributed by atoms with Crippen LogP contribution in [-0.2, 0) is 10.0 Å². The van der Waals surface area contributed by atoms with Crippen LogP contribution in [0.2, 0.25) is 0 Å². The maximum absolute atomic E-state index is 13.1. The van der Waals surface area contributed by atoms with Crippen molar-refractivity contribution >= 4 is 21.4 Å². The molecule has 164 valence electrons. The van der Waals surface area contributed by atoms with Crippen molar-refractivity contribution in [2.45, 2.75) is 11.8 Å². The lowest BCUT2D eigenvalue weighted by atomic mass is 10.1. The highest BCUT2D eigenvalue weighted by Crippen LogP contribution is 2.35. The van der Waals surface area contributed by atoms with E-state index in [0.717, 1.165) is 22.5 Å². The number of imidazole rings is 1. The van der Waals surface area contributed by atoms with Crippen LogP contribution in [-0.4, -0.2) is 38.1 Å². The lowest BCUT2D eigenvalue weighted by molar-refractivity contribution is 0.171. The Morgan fingerprint density at radius 1 is 1.06 bits per heavy atom.